The van der Waals surface area contributed by atoms with Gasteiger partial charge in [0.2, 0.25) is 0 Å². The second kappa shape index (κ2) is 2.33. The second-order valence-electron chi connectivity index (χ2n) is 3.76. The molecule has 1 saturated carbocycles. The lowest BCUT2D eigenvalue weighted by atomic mass is 9.96. The molecule has 0 amide bonds. The fourth-order valence-corrected chi connectivity index (χ4v) is 1.72. The third-order valence-electron chi connectivity index (χ3n) is 2.71. The lowest BCUT2D eigenvalue weighted by Gasteiger charge is -2.22. The number of rotatable bonds is 2. The predicted molar refractivity (Wildman–Crippen MR) is 45.5 cm³/mol. The Kier molecular flexibility index (Phi) is 1.51. The zero-order valence-electron chi connectivity index (χ0n) is 7.49. The van der Waals surface area contributed by atoms with Crippen molar-refractivity contribution < 1.29 is 5.11 Å². The number of hydrogen-bond acceptors (Lipinski definition) is 2. The van der Waals surface area contributed by atoms with Crippen LogP contribution in [0.3, 0.4) is 0 Å². The van der Waals surface area contributed by atoms with E-state index in [0.29, 0.717) is 5.92 Å². The molecule has 1 aliphatic rings. The van der Waals surface area contributed by atoms with Crippen LogP contribution in [0.15, 0.2) is 12.3 Å². The van der Waals surface area contributed by atoms with E-state index in [0.717, 1.165) is 18.5 Å². The Balaban J connectivity index is 2.33. The lowest BCUT2D eigenvalue weighted by molar-refractivity contribution is 0.0249. The summed E-state index contributed by atoms with van der Waals surface area (Å²) in [6, 6.07) is 1.89. The van der Waals surface area contributed by atoms with Gasteiger partial charge in [-0.1, -0.05) is 0 Å². The van der Waals surface area contributed by atoms with Crippen LogP contribution in [0.1, 0.15) is 25.5 Å². The van der Waals surface area contributed by atoms with Crippen molar-refractivity contribution in [2.75, 3.05) is 0 Å². The summed E-state index contributed by atoms with van der Waals surface area (Å²) < 4.78 is 1.75. The van der Waals surface area contributed by atoms with E-state index in [1.54, 1.807) is 10.9 Å². The van der Waals surface area contributed by atoms with Crippen LogP contribution in [-0.2, 0) is 12.6 Å². The first-order valence-electron chi connectivity index (χ1n) is 4.33. The van der Waals surface area contributed by atoms with E-state index in [1.165, 1.54) is 0 Å². The van der Waals surface area contributed by atoms with Crippen LogP contribution >= 0.6 is 0 Å². The first-order chi connectivity index (χ1) is 5.62. The summed E-state index contributed by atoms with van der Waals surface area (Å²) in [4.78, 5) is 0. The Labute approximate surface area is 72.0 Å². The van der Waals surface area contributed by atoms with Gasteiger partial charge in [0.25, 0.3) is 0 Å². The Hall–Kier alpha value is -0.830. The molecule has 1 unspecified atom stereocenters. The van der Waals surface area contributed by atoms with Crippen LogP contribution in [0.2, 0.25) is 0 Å². The van der Waals surface area contributed by atoms with Crippen molar-refractivity contribution in [2.45, 2.75) is 25.4 Å². The molecule has 1 aromatic rings. The van der Waals surface area contributed by atoms with Gasteiger partial charge in [-0.15, -0.1) is 0 Å². The maximum Gasteiger partial charge on any atom is 0.106 e. The molecule has 1 atom stereocenters. The van der Waals surface area contributed by atoms with Gasteiger partial charge >= 0.3 is 0 Å². The predicted octanol–water partition coefficient (Wildman–Crippen LogP) is 1.04. The minimum atomic E-state index is -0.675. The Bertz CT molecular complexity index is 286. The summed E-state index contributed by atoms with van der Waals surface area (Å²) in [6.45, 7) is 1.88. The summed E-state index contributed by atoms with van der Waals surface area (Å²) in [5.74, 6) is 0.438. The molecular weight excluding hydrogens is 152 g/mol. The smallest absolute Gasteiger partial charge is 0.106 e. The standard InChI is InChI=1S/C9H14N2O/c1-9(12,7-3-4-7)8-5-6-10-11(8)2/h5-7,12H,3-4H2,1-2H3. The average molecular weight is 166 g/mol. The van der Waals surface area contributed by atoms with Gasteiger partial charge in [-0.25, -0.2) is 0 Å². The number of aromatic nitrogens is 2. The molecule has 1 N–H and O–H groups in total. The molecule has 0 bridgehead atoms. The Morgan fingerprint density at radius 1 is 1.67 bits per heavy atom. The zero-order valence-corrected chi connectivity index (χ0v) is 7.49. The Morgan fingerprint density at radius 2 is 2.33 bits per heavy atom. The average Bonchev–Trinajstić information content (AvgIpc) is 2.75. The zero-order chi connectivity index (χ0) is 8.77. The highest BCUT2D eigenvalue weighted by Gasteiger charge is 2.42. The molecule has 1 aromatic heterocycles. The van der Waals surface area contributed by atoms with E-state index in [1.807, 2.05) is 20.0 Å². The molecule has 0 radical (unpaired) electrons. The van der Waals surface area contributed by atoms with Crippen molar-refractivity contribution in [3.63, 3.8) is 0 Å². The van der Waals surface area contributed by atoms with Crippen molar-refractivity contribution in [1.82, 2.24) is 9.78 Å². The topological polar surface area (TPSA) is 38.0 Å². The fourth-order valence-electron chi connectivity index (χ4n) is 1.72. The van der Waals surface area contributed by atoms with Crippen LogP contribution in [-0.4, -0.2) is 14.9 Å². The molecule has 66 valence electrons. The summed E-state index contributed by atoms with van der Waals surface area (Å²) in [7, 11) is 1.87. The molecule has 0 aromatic carbocycles. The SMILES string of the molecule is Cn1nccc1C(C)(O)C1CC1. The van der Waals surface area contributed by atoms with Gasteiger partial charge in [0, 0.05) is 13.2 Å². The number of hydrogen-bond donors (Lipinski definition) is 1. The van der Waals surface area contributed by atoms with Gasteiger partial charge < -0.3 is 5.11 Å². The molecule has 1 fully saturated rings. The van der Waals surface area contributed by atoms with Gasteiger partial charge in [0.05, 0.1) is 5.69 Å². The van der Waals surface area contributed by atoms with E-state index >= 15 is 0 Å². The first kappa shape index (κ1) is 7.80. The summed E-state index contributed by atoms with van der Waals surface area (Å²) in [5, 5.41) is 14.2. The van der Waals surface area contributed by atoms with Crippen LogP contribution in [0, 0.1) is 5.92 Å². The third kappa shape index (κ3) is 1.05. The van der Waals surface area contributed by atoms with E-state index < -0.39 is 5.60 Å². The summed E-state index contributed by atoms with van der Waals surface area (Å²) in [6.07, 6.45) is 4.00. The van der Waals surface area contributed by atoms with Crippen LogP contribution in [0.4, 0.5) is 0 Å². The maximum absolute atomic E-state index is 10.1. The van der Waals surface area contributed by atoms with Crippen molar-refractivity contribution >= 4 is 0 Å². The summed E-state index contributed by atoms with van der Waals surface area (Å²) >= 11 is 0. The highest BCUT2D eigenvalue weighted by molar-refractivity contribution is 5.14. The third-order valence-corrected chi connectivity index (χ3v) is 2.71. The van der Waals surface area contributed by atoms with Gasteiger partial charge in [-0.2, -0.15) is 5.10 Å². The minimum Gasteiger partial charge on any atom is -0.384 e. The van der Waals surface area contributed by atoms with Gasteiger partial charge in [-0.3, -0.25) is 4.68 Å². The van der Waals surface area contributed by atoms with E-state index in [-0.39, 0.29) is 0 Å². The van der Waals surface area contributed by atoms with Crippen molar-refractivity contribution in [3.05, 3.63) is 18.0 Å². The van der Waals surface area contributed by atoms with E-state index in [9.17, 15) is 5.11 Å². The first-order valence-corrected chi connectivity index (χ1v) is 4.33. The van der Waals surface area contributed by atoms with E-state index in [2.05, 4.69) is 5.10 Å². The molecule has 3 heteroatoms. The largest absolute Gasteiger partial charge is 0.384 e. The quantitative estimate of drug-likeness (QED) is 0.712. The van der Waals surface area contributed by atoms with E-state index in [4.69, 9.17) is 0 Å². The van der Waals surface area contributed by atoms with Gasteiger partial charge in [0.15, 0.2) is 0 Å². The van der Waals surface area contributed by atoms with Crippen molar-refractivity contribution in [1.29, 1.82) is 0 Å². The molecular formula is C9H14N2O. The van der Waals surface area contributed by atoms with Gasteiger partial charge in [-0.05, 0) is 31.7 Å². The number of aryl methyl sites for hydroxylation is 1. The van der Waals surface area contributed by atoms with Crippen LogP contribution in [0.5, 0.6) is 0 Å². The number of aliphatic hydroxyl groups is 1. The monoisotopic (exact) mass is 166 g/mol. The van der Waals surface area contributed by atoms with Crippen molar-refractivity contribution in [2.24, 2.45) is 13.0 Å². The molecule has 1 aliphatic carbocycles. The number of nitrogens with zero attached hydrogens (tertiary/aromatic N) is 2. The second-order valence-corrected chi connectivity index (χ2v) is 3.76. The molecule has 12 heavy (non-hydrogen) atoms. The summed E-state index contributed by atoms with van der Waals surface area (Å²) in [5.41, 5.74) is 0.246. The highest BCUT2D eigenvalue weighted by Crippen LogP contribution is 2.44. The maximum atomic E-state index is 10.1. The fraction of sp³-hybridized carbons (Fsp3) is 0.667. The molecule has 0 spiro atoms. The van der Waals surface area contributed by atoms with Crippen LogP contribution < -0.4 is 0 Å². The van der Waals surface area contributed by atoms with Gasteiger partial charge in [0.1, 0.15) is 5.60 Å². The molecule has 0 saturated heterocycles. The van der Waals surface area contributed by atoms with Crippen LogP contribution in [0.25, 0.3) is 0 Å². The Morgan fingerprint density at radius 3 is 2.75 bits per heavy atom. The molecule has 1 heterocycles. The minimum absolute atomic E-state index is 0.438. The highest BCUT2D eigenvalue weighted by atomic mass is 16.3. The lowest BCUT2D eigenvalue weighted by Crippen LogP contribution is -2.26. The van der Waals surface area contributed by atoms with Crippen molar-refractivity contribution in [3.8, 4) is 0 Å². The molecule has 0 aliphatic heterocycles. The normalized spacial score (nSPS) is 22.2. The molecule has 2 rings (SSSR count). The molecule has 3 nitrogen and oxygen atoms in total.